The first-order chi connectivity index (χ1) is 7.63. The fourth-order valence-electron chi connectivity index (χ4n) is 1.50. The molecule has 0 aromatic carbocycles. The van der Waals surface area contributed by atoms with Crippen LogP contribution in [0.2, 0.25) is 5.15 Å². The van der Waals surface area contributed by atoms with Gasteiger partial charge in [-0.3, -0.25) is 9.36 Å². The van der Waals surface area contributed by atoms with Crippen LogP contribution in [0.1, 0.15) is 0 Å². The van der Waals surface area contributed by atoms with Gasteiger partial charge in [0.2, 0.25) is 5.56 Å². The lowest BCUT2D eigenvalue weighted by Crippen LogP contribution is -2.34. The molecule has 0 saturated carbocycles. The second-order valence-electron chi connectivity index (χ2n) is 3.21. The van der Waals surface area contributed by atoms with Crippen molar-refractivity contribution in [1.29, 1.82) is 5.26 Å². The average molecular weight is 229 g/mol. The molecule has 2 heterocycles. The van der Waals surface area contributed by atoms with Crippen molar-refractivity contribution in [3.05, 3.63) is 33.8 Å². The fourth-order valence-corrected chi connectivity index (χ4v) is 1.65. The van der Waals surface area contributed by atoms with Crippen molar-refractivity contribution in [2.45, 2.75) is 6.54 Å². The zero-order valence-corrected chi connectivity index (χ0v) is 8.90. The highest BCUT2D eigenvalue weighted by atomic mass is 35.5. The van der Waals surface area contributed by atoms with Crippen molar-refractivity contribution in [3.63, 3.8) is 0 Å². The van der Waals surface area contributed by atoms with E-state index in [9.17, 15) is 4.79 Å². The van der Waals surface area contributed by atoms with E-state index in [1.54, 1.807) is 0 Å². The Balaban J connectivity index is 2.92. The molecule has 0 atom stereocenters. The fraction of sp³-hybridized carbons (Fsp3) is 0.100. The van der Waals surface area contributed by atoms with E-state index < -0.39 is 5.56 Å². The minimum absolute atomic E-state index is 0.0687. The Labute approximate surface area is 97.5 Å². The maximum absolute atomic E-state index is 11.7. The Morgan fingerprint density at radius 2 is 2.31 bits per heavy atom. The van der Waals surface area contributed by atoms with Crippen LogP contribution in [0.25, 0.3) is 10.9 Å². The Morgan fingerprint density at radius 1 is 1.56 bits per heavy atom. The molecule has 0 unspecified atom stereocenters. The normalized spacial score (nSPS) is 10.2. The van der Waals surface area contributed by atoms with Gasteiger partial charge in [-0.25, -0.2) is 4.98 Å². The van der Waals surface area contributed by atoms with Crippen molar-refractivity contribution in [2.75, 3.05) is 0 Å². The molecule has 0 N–H and O–H groups in total. The summed E-state index contributed by atoms with van der Waals surface area (Å²) in [7, 11) is 5.55. The summed E-state index contributed by atoms with van der Waals surface area (Å²) in [4.78, 5) is 15.6. The first-order valence-corrected chi connectivity index (χ1v) is 4.83. The number of rotatable bonds is 1. The standard InChI is InChI=1S/C10H5BClN3O/c11-7-3-6-5-14-9(12)4-8(6)15(2-1-13)10(7)16/h3-5H,2H2. The highest BCUT2D eigenvalue weighted by molar-refractivity contribution is 6.33. The number of nitriles is 1. The summed E-state index contributed by atoms with van der Waals surface area (Å²) in [6.45, 7) is -0.0687. The molecule has 0 saturated heterocycles. The van der Waals surface area contributed by atoms with Crippen molar-refractivity contribution in [3.8, 4) is 6.07 Å². The van der Waals surface area contributed by atoms with Gasteiger partial charge in [-0.2, -0.15) is 5.26 Å². The Bertz CT molecular complexity index is 659. The molecule has 2 rings (SSSR count). The van der Waals surface area contributed by atoms with Gasteiger partial charge in [-0.15, -0.1) is 0 Å². The van der Waals surface area contributed by atoms with E-state index in [1.165, 1.54) is 22.9 Å². The van der Waals surface area contributed by atoms with Crippen molar-refractivity contribution in [1.82, 2.24) is 9.55 Å². The van der Waals surface area contributed by atoms with Crippen LogP contribution in [0.4, 0.5) is 0 Å². The van der Waals surface area contributed by atoms with Gasteiger partial charge < -0.3 is 0 Å². The molecule has 0 aliphatic rings. The first-order valence-electron chi connectivity index (χ1n) is 4.45. The van der Waals surface area contributed by atoms with Gasteiger partial charge in [0.25, 0.3) is 0 Å². The summed E-state index contributed by atoms with van der Waals surface area (Å²) in [5.74, 6) is 0. The number of hydrogen-bond donors (Lipinski definition) is 0. The summed E-state index contributed by atoms with van der Waals surface area (Å²) in [5, 5.41) is 9.61. The van der Waals surface area contributed by atoms with E-state index in [0.29, 0.717) is 10.9 Å². The molecule has 0 amide bonds. The molecule has 76 valence electrons. The average Bonchev–Trinajstić information content (AvgIpc) is 2.26. The number of aromatic nitrogens is 2. The topological polar surface area (TPSA) is 58.7 Å². The van der Waals surface area contributed by atoms with Gasteiger partial charge in [0, 0.05) is 11.6 Å². The van der Waals surface area contributed by atoms with E-state index in [4.69, 9.17) is 24.7 Å². The van der Waals surface area contributed by atoms with Crippen molar-refractivity contribution >= 4 is 35.8 Å². The Hall–Kier alpha value is -1.80. The molecule has 2 radical (unpaired) electrons. The van der Waals surface area contributed by atoms with Crippen LogP contribution in [0.15, 0.2) is 23.1 Å². The van der Waals surface area contributed by atoms with Gasteiger partial charge in [-0.1, -0.05) is 17.7 Å². The van der Waals surface area contributed by atoms with E-state index in [1.807, 2.05) is 6.07 Å². The van der Waals surface area contributed by atoms with Crippen molar-refractivity contribution < 1.29 is 0 Å². The molecule has 6 heteroatoms. The highest BCUT2D eigenvalue weighted by Crippen LogP contribution is 2.14. The molecule has 0 fully saturated rings. The summed E-state index contributed by atoms with van der Waals surface area (Å²) in [5.41, 5.74) is 0.254. The SMILES string of the molecule is [B]c1cc2cnc(Cl)cc2n(CC#N)c1=O. The molecule has 0 aliphatic heterocycles. The van der Waals surface area contributed by atoms with Crippen LogP contribution in [0, 0.1) is 11.3 Å². The largest absolute Gasteiger partial charge is 0.295 e. The zero-order chi connectivity index (χ0) is 11.7. The van der Waals surface area contributed by atoms with E-state index in [0.717, 1.165) is 0 Å². The summed E-state index contributed by atoms with van der Waals surface area (Å²) >= 11 is 5.74. The van der Waals surface area contributed by atoms with Gasteiger partial charge in [0.05, 0.1) is 11.6 Å². The van der Waals surface area contributed by atoms with Crippen LogP contribution >= 0.6 is 11.6 Å². The van der Waals surface area contributed by atoms with Crippen LogP contribution < -0.4 is 11.0 Å². The van der Waals surface area contributed by atoms with Gasteiger partial charge in [0.15, 0.2) is 0 Å². The van der Waals surface area contributed by atoms with E-state index in [2.05, 4.69) is 4.98 Å². The molecule has 4 nitrogen and oxygen atoms in total. The van der Waals surface area contributed by atoms with Crippen molar-refractivity contribution in [2.24, 2.45) is 0 Å². The monoisotopic (exact) mass is 229 g/mol. The maximum Gasteiger partial charge on any atom is 0.244 e. The molecule has 2 aromatic rings. The van der Waals surface area contributed by atoms with Crippen LogP contribution in [0.3, 0.4) is 0 Å². The first kappa shape index (κ1) is 10.7. The molecule has 16 heavy (non-hydrogen) atoms. The third-order valence-corrected chi connectivity index (χ3v) is 2.41. The minimum atomic E-state index is -0.392. The molecule has 2 aromatic heterocycles. The quantitative estimate of drug-likeness (QED) is 0.524. The minimum Gasteiger partial charge on any atom is -0.295 e. The lowest BCUT2D eigenvalue weighted by molar-refractivity contribution is 0.832. The number of hydrogen-bond acceptors (Lipinski definition) is 3. The number of nitrogens with zero attached hydrogens (tertiary/aromatic N) is 3. The van der Waals surface area contributed by atoms with Crippen LogP contribution in [-0.4, -0.2) is 17.4 Å². The lowest BCUT2D eigenvalue weighted by atomic mass is 9.96. The summed E-state index contributed by atoms with van der Waals surface area (Å²) in [6, 6.07) is 4.97. The molecule has 0 spiro atoms. The second kappa shape index (κ2) is 3.99. The van der Waals surface area contributed by atoms with Crippen LogP contribution in [-0.2, 0) is 6.54 Å². The zero-order valence-electron chi connectivity index (χ0n) is 8.14. The van der Waals surface area contributed by atoms with E-state index >= 15 is 0 Å². The predicted octanol–water partition coefficient (Wildman–Crippen LogP) is 0.367. The molecule has 0 bridgehead atoms. The number of fused-ring (bicyclic) bond motifs is 1. The third-order valence-electron chi connectivity index (χ3n) is 2.20. The van der Waals surface area contributed by atoms with Crippen LogP contribution in [0.5, 0.6) is 0 Å². The maximum atomic E-state index is 11.7. The van der Waals surface area contributed by atoms with Gasteiger partial charge in [-0.05, 0) is 11.5 Å². The van der Waals surface area contributed by atoms with E-state index in [-0.39, 0.29) is 17.2 Å². The summed E-state index contributed by atoms with van der Waals surface area (Å²) in [6.07, 6.45) is 1.52. The predicted molar refractivity (Wildman–Crippen MR) is 62.0 cm³/mol. The Kier molecular flexibility index (Phi) is 2.67. The lowest BCUT2D eigenvalue weighted by Gasteiger charge is -2.08. The molecule has 0 aliphatic carbocycles. The smallest absolute Gasteiger partial charge is 0.244 e. The molecular weight excluding hydrogens is 224 g/mol. The Morgan fingerprint density at radius 3 is 3.00 bits per heavy atom. The van der Waals surface area contributed by atoms with Gasteiger partial charge >= 0.3 is 0 Å². The highest BCUT2D eigenvalue weighted by Gasteiger charge is 2.06. The number of pyridine rings is 2. The van der Waals surface area contributed by atoms with Gasteiger partial charge in [0.1, 0.15) is 19.5 Å². The third kappa shape index (κ3) is 1.68. The second-order valence-corrected chi connectivity index (χ2v) is 3.60. The summed E-state index contributed by atoms with van der Waals surface area (Å²) < 4.78 is 1.28. The number of halogens is 1. The molecular formula is C10H5BClN3O.